The fraction of sp³-hybridized carbons (Fsp3) is 0.600. The van der Waals surface area contributed by atoms with Gasteiger partial charge in [-0.25, -0.2) is 0 Å². The molecule has 1 atom stereocenters. The third-order valence-electron chi connectivity index (χ3n) is 8.39. The van der Waals surface area contributed by atoms with Gasteiger partial charge in [0.15, 0.2) is 0 Å². The van der Waals surface area contributed by atoms with Crippen LogP contribution in [0.4, 0.5) is 0 Å². The Bertz CT molecular complexity index is 753. The van der Waals surface area contributed by atoms with E-state index in [0.29, 0.717) is 0 Å². The Labute approximate surface area is 185 Å². The van der Waals surface area contributed by atoms with E-state index >= 15 is 0 Å². The average Bonchev–Trinajstić information content (AvgIpc) is 2.80. The van der Waals surface area contributed by atoms with Crippen LogP contribution in [0.2, 0.25) is 0 Å². The molecule has 162 valence electrons. The summed E-state index contributed by atoms with van der Waals surface area (Å²) in [6.07, 6.45) is 13.9. The van der Waals surface area contributed by atoms with Crippen molar-refractivity contribution < 1.29 is 0 Å². The quantitative estimate of drug-likeness (QED) is 0.451. The summed E-state index contributed by atoms with van der Waals surface area (Å²) < 4.78 is 0. The molecule has 0 N–H and O–H groups in total. The van der Waals surface area contributed by atoms with E-state index in [4.69, 9.17) is 0 Å². The molecule has 30 heavy (non-hydrogen) atoms. The Kier molecular flexibility index (Phi) is 7.34. The van der Waals surface area contributed by atoms with Crippen molar-refractivity contribution in [2.75, 3.05) is 0 Å². The lowest BCUT2D eigenvalue weighted by atomic mass is 9.75. The molecular weight excluding hydrogens is 360 g/mol. The maximum absolute atomic E-state index is 2.42. The van der Waals surface area contributed by atoms with Gasteiger partial charge in [0.2, 0.25) is 0 Å². The third-order valence-corrected chi connectivity index (χ3v) is 8.39. The summed E-state index contributed by atoms with van der Waals surface area (Å²) in [4.78, 5) is 0. The van der Waals surface area contributed by atoms with Crippen molar-refractivity contribution in [2.45, 2.75) is 96.8 Å². The molecule has 2 saturated carbocycles. The van der Waals surface area contributed by atoms with Crippen molar-refractivity contribution in [3.63, 3.8) is 0 Å². The van der Waals surface area contributed by atoms with Crippen LogP contribution in [0.5, 0.6) is 0 Å². The molecule has 0 saturated heterocycles. The Morgan fingerprint density at radius 3 is 1.53 bits per heavy atom. The molecule has 0 nitrogen and oxygen atoms in total. The second kappa shape index (κ2) is 10.2. The highest BCUT2D eigenvalue weighted by Crippen LogP contribution is 2.39. The Morgan fingerprint density at radius 2 is 1.10 bits per heavy atom. The van der Waals surface area contributed by atoms with Gasteiger partial charge in [-0.1, -0.05) is 88.6 Å². The molecule has 0 aromatic heterocycles. The van der Waals surface area contributed by atoms with E-state index in [1.54, 1.807) is 11.1 Å². The van der Waals surface area contributed by atoms with Gasteiger partial charge in [0.1, 0.15) is 0 Å². The maximum atomic E-state index is 2.42. The van der Waals surface area contributed by atoms with Crippen LogP contribution in [-0.2, 0) is 0 Å². The Balaban J connectivity index is 1.34. The second-order valence-corrected chi connectivity index (χ2v) is 10.7. The SMILES string of the molecule is CCC(C)C[C@H]1CC[C@H](c2ccc(-c3ccc([C@H]4CC[C@H](C)CC4)cc3)cc2)CC1. The van der Waals surface area contributed by atoms with Gasteiger partial charge < -0.3 is 0 Å². The summed E-state index contributed by atoms with van der Waals surface area (Å²) in [5.74, 6) is 4.37. The zero-order valence-corrected chi connectivity index (χ0v) is 19.6. The van der Waals surface area contributed by atoms with Crippen LogP contribution in [0, 0.1) is 17.8 Å². The van der Waals surface area contributed by atoms with E-state index in [-0.39, 0.29) is 0 Å². The van der Waals surface area contributed by atoms with Crippen LogP contribution in [-0.4, -0.2) is 0 Å². The average molecular weight is 403 g/mol. The van der Waals surface area contributed by atoms with Crippen molar-refractivity contribution in [2.24, 2.45) is 17.8 Å². The molecule has 4 rings (SSSR count). The van der Waals surface area contributed by atoms with E-state index in [0.717, 1.165) is 29.6 Å². The van der Waals surface area contributed by atoms with Crippen LogP contribution >= 0.6 is 0 Å². The summed E-state index contributed by atoms with van der Waals surface area (Å²) in [7, 11) is 0. The maximum Gasteiger partial charge on any atom is -0.0162 e. The third kappa shape index (κ3) is 5.37. The van der Waals surface area contributed by atoms with Crippen LogP contribution in [0.25, 0.3) is 11.1 Å². The Hall–Kier alpha value is -1.56. The molecule has 0 heterocycles. The summed E-state index contributed by atoms with van der Waals surface area (Å²) in [5, 5.41) is 0. The molecule has 2 aromatic carbocycles. The van der Waals surface area contributed by atoms with E-state index in [9.17, 15) is 0 Å². The molecular formula is C30H42. The molecule has 0 heteroatoms. The molecule has 1 unspecified atom stereocenters. The fourth-order valence-electron chi connectivity index (χ4n) is 5.96. The first-order valence-corrected chi connectivity index (χ1v) is 12.8. The van der Waals surface area contributed by atoms with E-state index < -0.39 is 0 Å². The molecule has 2 aliphatic rings. The normalized spacial score (nSPS) is 28.2. The van der Waals surface area contributed by atoms with Crippen LogP contribution in [0.1, 0.15) is 108 Å². The van der Waals surface area contributed by atoms with Crippen LogP contribution < -0.4 is 0 Å². The summed E-state index contributed by atoms with van der Waals surface area (Å²) in [6, 6.07) is 19.0. The zero-order valence-electron chi connectivity index (χ0n) is 19.6. The Morgan fingerprint density at radius 1 is 0.667 bits per heavy atom. The van der Waals surface area contributed by atoms with Gasteiger partial charge in [0, 0.05) is 0 Å². The molecule has 0 spiro atoms. The lowest BCUT2D eigenvalue weighted by molar-refractivity contribution is 0.273. The van der Waals surface area contributed by atoms with E-state index in [2.05, 4.69) is 69.3 Å². The zero-order chi connectivity index (χ0) is 20.9. The predicted octanol–water partition coefficient (Wildman–Crippen LogP) is 9.36. The first-order valence-electron chi connectivity index (χ1n) is 12.8. The lowest BCUT2D eigenvalue weighted by Crippen LogP contribution is -2.15. The predicted molar refractivity (Wildman–Crippen MR) is 131 cm³/mol. The van der Waals surface area contributed by atoms with Crippen molar-refractivity contribution in [1.29, 1.82) is 0 Å². The largest absolute Gasteiger partial charge is 0.0651 e. The van der Waals surface area contributed by atoms with Crippen molar-refractivity contribution in [1.82, 2.24) is 0 Å². The number of hydrogen-bond donors (Lipinski definition) is 0. The highest BCUT2D eigenvalue weighted by Gasteiger charge is 2.23. The minimum Gasteiger partial charge on any atom is -0.0651 e. The number of rotatable bonds is 6. The van der Waals surface area contributed by atoms with E-state index in [1.165, 1.54) is 75.3 Å². The highest BCUT2D eigenvalue weighted by molar-refractivity contribution is 5.64. The molecule has 0 amide bonds. The van der Waals surface area contributed by atoms with Crippen molar-refractivity contribution in [3.8, 4) is 11.1 Å². The van der Waals surface area contributed by atoms with Gasteiger partial charge in [-0.05, 0) is 96.8 Å². The minimum atomic E-state index is 0.781. The smallest absolute Gasteiger partial charge is 0.0162 e. The summed E-state index contributed by atoms with van der Waals surface area (Å²) in [5.41, 5.74) is 5.85. The van der Waals surface area contributed by atoms with Gasteiger partial charge in [-0.3, -0.25) is 0 Å². The van der Waals surface area contributed by atoms with Crippen molar-refractivity contribution >= 4 is 0 Å². The summed E-state index contributed by atoms with van der Waals surface area (Å²) in [6.45, 7) is 7.16. The topological polar surface area (TPSA) is 0 Å². The lowest BCUT2D eigenvalue weighted by Gasteiger charge is -2.30. The molecule has 2 aliphatic carbocycles. The first kappa shape index (κ1) is 21.7. The number of benzene rings is 2. The van der Waals surface area contributed by atoms with Gasteiger partial charge in [-0.2, -0.15) is 0 Å². The van der Waals surface area contributed by atoms with Gasteiger partial charge in [0.05, 0.1) is 0 Å². The molecule has 2 fully saturated rings. The monoisotopic (exact) mass is 402 g/mol. The van der Waals surface area contributed by atoms with Crippen LogP contribution in [0.15, 0.2) is 48.5 Å². The van der Waals surface area contributed by atoms with Gasteiger partial charge in [-0.15, -0.1) is 0 Å². The molecule has 0 aliphatic heterocycles. The first-order chi connectivity index (χ1) is 14.6. The van der Waals surface area contributed by atoms with E-state index in [1.807, 2.05) is 0 Å². The molecule has 2 aromatic rings. The molecule has 0 radical (unpaired) electrons. The van der Waals surface area contributed by atoms with Crippen molar-refractivity contribution in [3.05, 3.63) is 59.7 Å². The minimum absolute atomic E-state index is 0.781. The highest BCUT2D eigenvalue weighted by atomic mass is 14.3. The number of hydrogen-bond acceptors (Lipinski definition) is 0. The second-order valence-electron chi connectivity index (χ2n) is 10.7. The van der Waals surface area contributed by atoms with Gasteiger partial charge in [0.25, 0.3) is 0 Å². The summed E-state index contributed by atoms with van der Waals surface area (Å²) >= 11 is 0. The standard InChI is InChI=1S/C30H42/c1-4-22(2)21-24-7-11-26(12-8-24)28-15-19-30(20-16-28)29-17-13-27(14-18-29)25-9-5-23(3)6-10-25/h13-20,22-26H,4-12,21H2,1-3H3/t22?,23-,24-,25-,26-. The van der Waals surface area contributed by atoms with Gasteiger partial charge >= 0.3 is 0 Å². The molecule has 0 bridgehead atoms. The fourth-order valence-corrected chi connectivity index (χ4v) is 5.96. The van der Waals surface area contributed by atoms with Crippen LogP contribution in [0.3, 0.4) is 0 Å².